The van der Waals surface area contributed by atoms with Crippen molar-refractivity contribution in [1.82, 2.24) is 9.96 Å². The molecule has 0 bridgehead atoms. The molecule has 1 heterocycles. The SMILES string of the molecule is CCCCCCCCCCCCSC(=O)[C@@H]1CCN(OCCCC)C(=O)N1CC. The summed E-state index contributed by atoms with van der Waals surface area (Å²) < 4.78 is 0. The number of thioether (sulfide) groups is 1. The van der Waals surface area contributed by atoms with Crippen LogP contribution in [0.25, 0.3) is 0 Å². The summed E-state index contributed by atoms with van der Waals surface area (Å²) in [6, 6.07) is -0.459. The second-order valence-corrected chi connectivity index (χ2v) is 9.11. The van der Waals surface area contributed by atoms with Crippen molar-refractivity contribution in [3.8, 4) is 0 Å². The minimum atomic E-state index is -0.299. The van der Waals surface area contributed by atoms with Crippen LogP contribution in [0.5, 0.6) is 0 Å². The molecule has 0 aliphatic carbocycles. The van der Waals surface area contributed by atoms with Gasteiger partial charge in [0.2, 0.25) is 5.12 Å². The number of hydrogen-bond acceptors (Lipinski definition) is 4. The van der Waals surface area contributed by atoms with Gasteiger partial charge in [-0.05, 0) is 26.2 Å². The Kier molecular flexibility index (Phi) is 15.4. The fraction of sp³-hybridized carbons (Fsp3) is 0.913. The van der Waals surface area contributed by atoms with Crippen molar-refractivity contribution in [2.24, 2.45) is 0 Å². The first-order valence-corrected chi connectivity index (χ1v) is 13.0. The van der Waals surface area contributed by atoms with Crippen molar-refractivity contribution in [3.63, 3.8) is 0 Å². The van der Waals surface area contributed by atoms with Gasteiger partial charge in [0.05, 0.1) is 13.2 Å². The smallest absolute Gasteiger partial charge is 0.312 e. The largest absolute Gasteiger partial charge is 0.344 e. The molecule has 0 unspecified atom stereocenters. The summed E-state index contributed by atoms with van der Waals surface area (Å²) in [5.41, 5.74) is 0. The summed E-state index contributed by atoms with van der Waals surface area (Å²) in [6.45, 7) is 7.90. The molecule has 0 aromatic rings. The van der Waals surface area contributed by atoms with E-state index in [9.17, 15) is 9.59 Å². The number of rotatable bonds is 17. The van der Waals surface area contributed by atoms with Crippen molar-refractivity contribution in [2.45, 2.75) is 110 Å². The number of unbranched alkanes of at least 4 members (excludes halogenated alkanes) is 10. The predicted octanol–water partition coefficient (Wildman–Crippen LogP) is 6.42. The summed E-state index contributed by atoms with van der Waals surface area (Å²) in [7, 11) is 0. The lowest BCUT2D eigenvalue weighted by molar-refractivity contribution is -0.146. The molecule has 29 heavy (non-hydrogen) atoms. The van der Waals surface area contributed by atoms with E-state index in [-0.39, 0.29) is 17.2 Å². The first kappa shape index (κ1) is 26.3. The van der Waals surface area contributed by atoms with E-state index in [0.29, 0.717) is 26.1 Å². The van der Waals surface area contributed by atoms with Gasteiger partial charge in [0, 0.05) is 12.3 Å². The molecule has 0 N–H and O–H groups in total. The van der Waals surface area contributed by atoms with Crippen LogP contribution < -0.4 is 0 Å². The number of amides is 2. The molecule has 1 aliphatic rings. The van der Waals surface area contributed by atoms with Gasteiger partial charge in [-0.3, -0.25) is 9.63 Å². The standard InChI is InChI=1S/C23H44N2O3S/c1-4-7-9-10-11-12-13-14-15-16-20-29-22(26)21-17-18-25(28-19-8-5-2)23(27)24(21)6-3/h21H,4-20H2,1-3H3/t21-/m0/s1. The van der Waals surface area contributed by atoms with Gasteiger partial charge >= 0.3 is 6.03 Å². The maximum absolute atomic E-state index is 12.7. The summed E-state index contributed by atoms with van der Waals surface area (Å²) in [6.07, 6.45) is 15.7. The van der Waals surface area contributed by atoms with Crippen molar-refractivity contribution < 1.29 is 14.4 Å². The van der Waals surface area contributed by atoms with Gasteiger partial charge in [-0.25, -0.2) is 9.86 Å². The minimum Gasteiger partial charge on any atom is -0.312 e. The van der Waals surface area contributed by atoms with Crippen LogP contribution in [0, 0.1) is 0 Å². The van der Waals surface area contributed by atoms with Crippen LogP contribution in [0.15, 0.2) is 0 Å². The highest BCUT2D eigenvalue weighted by molar-refractivity contribution is 8.13. The average molecular weight is 429 g/mol. The first-order valence-electron chi connectivity index (χ1n) is 12.0. The van der Waals surface area contributed by atoms with Crippen molar-refractivity contribution in [3.05, 3.63) is 0 Å². The van der Waals surface area contributed by atoms with Gasteiger partial charge in [0.15, 0.2) is 0 Å². The number of hydroxylamine groups is 2. The summed E-state index contributed by atoms with van der Waals surface area (Å²) in [4.78, 5) is 32.5. The molecule has 5 nitrogen and oxygen atoms in total. The minimum absolute atomic E-state index is 0.143. The molecule has 0 aromatic heterocycles. The second kappa shape index (κ2) is 17.0. The molecular formula is C23H44N2O3S. The molecule has 0 spiro atoms. The number of nitrogens with zero attached hydrogens (tertiary/aromatic N) is 2. The first-order chi connectivity index (χ1) is 14.2. The molecule has 6 heteroatoms. The highest BCUT2D eigenvalue weighted by Crippen LogP contribution is 2.23. The van der Waals surface area contributed by atoms with Crippen molar-refractivity contribution in [2.75, 3.05) is 25.4 Å². The van der Waals surface area contributed by atoms with Gasteiger partial charge in [-0.2, -0.15) is 0 Å². The topological polar surface area (TPSA) is 49.9 Å². The summed E-state index contributed by atoms with van der Waals surface area (Å²) in [5.74, 6) is 0.869. The van der Waals surface area contributed by atoms with Gasteiger partial charge in [-0.1, -0.05) is 89.8 Å². The van der Waals surface area contributed by atoms with E-state index in [2.05, 4.69) is 13.8 Å². The molecule has 1 aliphatic heterocycles. The lowest BCUT2D eigenvalue weighted by Crippen LogP contribution is -2.56. The fourth-order valence-electron chi connectivity index (χ4n) is 3.67. The molecule has 1 rings (SSSR count). The predicted molar refractivity (Wildman–Crippen MR) is 123 cm³/mol. The lowest BCUT2D eigenvalue weighted by Gasteiger charge is -2.39. The van der Waals surface area contributed by atoms with Crippen LogP contribution in [0.1, 0.15) is 104 Å². The Balaban J connectivity index is 2.16. The number of carbonyl (C=O) groups excluding carboxylic acids is 2. The monoisotopic (exact) mass is 428 g/mol. The summed E-state index contributed by atoms with van der Waals surface area (Å²) in [5, 5.41) is 1.58. The summed E-state index contributed by atoms with van der Waals surface area (Å²) >= 11 is 1.41. The fourth-order valence-corrected chi connectivity index (χ4v) is 4.65. The number of hydrogen-bond donors (Lipinski definition) is 0. The molecule has 0 saturated carbocycles. The molecule has 0 radical (unpaired) electrons. The Bertz CT molecular complexity index is 448. The number of urea groups is 1. The molecule has 2 amide bonds. The zero-order valence-corrected chi connectivity index (χ0v) is 19.9. The van der Waals surface area contributed by atoms with Crippen LogP contribution in [0.3, 0.4) is 0 Å². The zero-order valence-electron chi connectivity index (χ0n) is 19.1. The van der Waals surface area contributed by atoms with Gasteiger partial charge in [0.1, 0.15) is 6.04 Å². The molecule has 170 valence electrons. The van der Waals surface area contributed by atoms with E-state index in [4.69, 9.17) is 4.84 Å². The van der Waals surface area contributed by atoms with E-state index >= 15 is 0 Å². The van der Waals surface area contributed by atoms with Crippen molar-refractivity contribution >= 4 is 22.9 Å². The lowest BCUT2D eigenvalue weighted by atomic mass is 10.1. The normalized spacial score (nSPS) is 17.2. The highest BCUT2D eigenvalue weighted by atomic mass is 32.2. The maximum Gasteiger partial charge on any atom is 0.344 e. The van der Waals surface area contributed by atoms with Crippen LogP contribution in [-0.4, -0.2) is 52.6 Å². The zero-order chi connectivity index (χ0) is 21.3. The molecule has 1 fully saturated rings. The van der Waals surface area contributed by atoms with E-state index in [1.165, 1.54) is 74.6 Å². The Morgan fingerprint density at radius 3 is 2.10 bits per heavy atom. The third-order valence-corrected chi connectivity index (χ3v) is 6.59. The Morgan fingerprint density at radius 2 is 1.52 bits per heavy atom. The number of carbonyl (C=O) groups is 2. The number of likely N-dealkylation sites (N-methyl/N-ethyl adjacent to an activating group) is 1. The van der Waals surface area contributed by atoms with Crippen molar-refractivity contribution in [1.29, 1.82) is 0 Å². The molecule has 0 aromatic carbocycles. The Hall–Kier alpha value is -0.750. The average Bonchev–Trinajstić information content (AvgIpc) is 2.72. The maximum atomic E-state index is 12.7. The van der Waals surface area contributed by atoms with E-state index in [1.807, 2.05) is 6.92 Å². The van der Waals surface area contributed by atoms with Gasteiger partial charge < -0.3 is 4.90 Å². The Labute approximate surface area is 183 Å². The van der Waals surface area contributed by atoms with Crippen LogP contribution in [0.4, 0.5) is 4.79 Å². The third kappa shape index (κ3) is 10.7. The van der Waals surface area contributed by atoms with Gasteiger partial charge in [-0.15, -0.1) is 0 Å². The van der Waals surface area contributed by atoms with Crippen LogP contribution in [-0.2, 0) is 9.63 Å². The third-order valence-electron chi connectivity index (χ3n) is 5.54. The van der Waals surface area contributed by atoms with E-state index < -0.39 is 0 Å². The molecule has 1 saturated heterocycles. The van der Waals surface area contributed by atoms with Crippen LogP contribution >= 0.6 is 11.8 Å². The van der Waals surface area contributed by atoms with E-state index in [0.717, 1.165) is 25.0 Å². The molecule has 1 atom stereocenters. The Morgan fingerprint density at radius 1 is 0.931 bits per heavy atom. The van der Waals surface area contributed by atoms with Crippen LogP contribution in [0.2, 0.25) is 0 Å². The molecular weight excluding hydrogens is 384 g/mol. The highest BCUT2D eigenvalue weighted by Gasteiger charge is 2.37. The van der Waals surface area contributed by atoms with E-state index in [1.54, 1.807) is 4.90 Å². The quantitative estimate of drug-likeness (QED) is 0.251. The van der Waals surface area contributed by atoms with Gasteiger partial charge in [0.25, 0.3) is 0 Å². The second-order valence-electron chi connectivity index (χ2n) is 8.01.